The van der Waals surface area contributed by atoms with E-state index in [2.05, 4.69) is 31.1 Å². The van der Waals surface area contributed by atoms with Crippen molar-refractivity contribution < 1.29 is 4.79 Å². The van der Waals surface area contributed by atoms with Gasteiger partial charge in [-0.3, -0.25) is 9.78 Å². The van der Waals surface area contributed by atoms with Gasteiger partial charge in [0.1, 0.15) is 0 Å². The van der Waals surface area contributed by atoms with Crippen LogP contribution >= 0.6 is 0 Å². The Bertz CT molecular complexity index is 416. The Kier molecular flexibility index (Phi) is 4.56. The number of hydrogen-bond acceptors (Lipinski definition) is 2. The molecule has 1 aliphatic rings. The Hall–Kier alpha value is -1.38. The smallest absolute Gasteiger partial charge is 0.253 e. The van der Waals surface area contributed by atoms with Gasteiger partial charge in [0, 0.05) is 18.4 Å². The Morgan fingerprint density at radius 2 is 2.21 bits per heavy atom. The van der Waals surface area contributed by atoms with Crippen molar-refractivity contribution in [2.24, 2.45) is 17.8 Å². The van der Waals surface area contributed by atoms with Crippen LogP contribution in [0.5, 0.6) is 0 Å². The molecule has 104 valence electrons. The van der Waals surface area contributed by atoms with Crippen molar-refractivity contribution in [3.63, 3.8) is 0 Å². The maximum absolute atomic E-state index is 12.2. The highest BCUT2D eigenvalue weighted by molar-refractivity contribution is 5.94. The molecule has 1 aliphatic carbocycles. The molecule has 0 saturated heterocycles. The summed E-state index contributed by atoms with van der Waals surface area (Å²) in [6, 6.07) is 3.92. The molecule has 19 heavy (non-hydrogen) atoms. The number of nitrogens with zero attached hydrogens (tertiary/aromatic N) is 1. The summed E-state index contributed by atoms with van der Waals surface area (Å²) in [6.45, 7) is 6.79. The predicted octanol–water partition coefficient (Wildman–Crippen LogP) is 3.27. The van der Waals surface area contributed by atoms with Crippen LogP contribution in [0.2, 0.25) is 0 Å². The lowest BCUT2D eigenvalue weighted by Crippen LogP contribution is -2.45. The third kappa shape index (κ3) is 3.55. The number of carbonyl (C=O) groups excluding carboxylic acids is 1. The molecule has 3 nitrogen and oxygen atoms in total. The normalized spacial score (nSPS) is 27.3. The molecule has 1 N–H and O–H groups in total. The van der Waals surface area contributed by atoms with Crippen molar-refractivity contribution in [3.05, 3.63) is 30.1 Å². The number of pyridine rings is 1. The fourth-order valence-corrected chi connectivity index (χ4v) is 3.12. The number of hydrogen-bond donors (Lipinski definition) is 1. The molecular formula is C16H24N2O. The molecule has 3 atom stereocenters. The van der Waals surface area contributed by atoms with Crippen molar-refractivity contribution in [2.45, 2.75) is 46.1 Å². The molecule has 0 bridgehead atoms. The monoisotopic (exact) mass is 260 g/mol. The molecule has 0 unspecified atom stereocenters. The van der Waals surface area contributed by atoms with Gasteiger partial charge < -0.3 is 5.32 Å². The standard InChI is InChI=1S/C16H24N2O/c1-11(2)14-7-6-12(3)9-15(14)18-16(19)13-5-4-8-17-10-13/h4-5,8,10-12,14-15H,6-7,9H2,1-3H3,(H,18,19)/t12-,14+,15+/m0/s1. The molecule has 1 saturated carbocycles. The van der Waals surface area contributed by atoms with Gasteiger partial charge >= 0.3 is 0 Å². The Balaban J connectivity index is 2.04. The van der Waals surface area contributed by atoms with Gasteiger partial charge in [-0.1, -0.05) is 27.2 Å². The maximum atomic E-state index is 12.2. The third-order valence-electron chi connectivity index (χ3n) is 4.26. The molecule has 1 amide bonds. The summed E-state index contributed by atoms with van der Waals surface area (Å²) >= 11 is 0. The number of carbonyl (C=O) groups is 1. The summed E-state index contributed by atoms with van der Waals surface area (Å²) in [5.74, 6) is 1.93. The highest BCUT2D eigenvalue weighted by Gasteiger charge is 2.31. The van der Waals surface area contributed by atoms with Crippen LogP contribution in [-0.2, 0) is 0 Å². The molecule has 1 fully saturated rings. The third-order valence-corrected chi connectivity index (χ3v) is 4.26. The van der Waals surface area contributed by atoms with Gasteiger partial charge in [-0.25, -0.2) is 0 Å². The average molecular weight is 260 g/mol. The van der Waals surface area contributed by atoms with Crippen molar-refractivity contribution in [1.82, 2.24) is 10.3 Å². The number of aromatic nitrogens is 1. The van der Waals surface area contributed by atoms with Crippen LogP contribution in [0.25, 0.3) is 0 Å². The fourth-order valence-electron chi connectivity index (χ4n) is 3.12. The van der Waals surface area contributed by atoms with Gasteiger partial charge in [-0.05, 0) is 42.7 Å². The quantitative estimate of drug-likeness (QED) is 0.906. The first-order chi connectivity index (χ1) is 9.08. The van der Waals surface area contributed by atoms with Crippen LogP contribution < -0.4 is 5.32 Å². The van der Waals surface area contributed by atoms with E-state index in [-0.39, 0.29) is 5.91 Å². The minimum absolute atomic E-state index is 0.0119. The van der Waals surface area contributed by atoms with Crippen LogP contribution in [0.4, 0.5) is 0 Å². The van der Waals surface area contributed by atoms with Gasteiger partial charge in [0.15, 0.2) is 0 Å². The zero-order chi connectivity index (χ0) is 13.8. The highest BCUT2D eigenvalue weighted by Crippen LogP contribution is 2.33. The second kappa shape index (κ2) is 6.18. The van der Waals surface area contributed by atoms with Crippen molar-refractivity contribution in [3.8, 4) is 0 Å². The van der Waals surface area contributed by atoms with Crippen LogP contribution in [0.1, 0.15) is 50.4 Å². The van der Waals surface area contributed by atoms with Gasteiger partial charge in [0.05, 0.1) is 5.56 Å². The zero-order valence-corrected chi connectivity index (χ0v) is 12.1. The topological polar surface area (TPSA) is 42.0 Å². The molecule has 1 heterocycles. The summed E-state index contributed by atoms with van der Waals surface area (Å²) in [5, 5.41) is 3.22. The lowest BCUT2D eigenvalue weighted by atomic mass is 9.74. The molecular weight excluding hydrogens is 236 g/mol. The van der Waals surface area contributed by atoms with E-state index in [0.29, 0.717) is 29.4 Å². The minimum Gasteiger partial charge on any atom is -0.349 e. The average Bonchev–Trinajstić information content (AvgIpc) is 2.39. The minimum atomic E-state index is 0.0119. The molecule has 0 radical (unpaired) electrons. The van der Waals surface area contributed by atoms with Crippen molar-refractivity contribution >= 4 is 5.91 Å². The van der Waals surface area contributed by atoms with E-state index >= 15 is 0 Å². The van der Waals surface area contributed by atoms with Crippen LogP contribution in [0, 0.1) is 17.8 Å². The molecule has 0 aromatic carbocycles. The van der Waals surface area contributed by atoms with Crippen LogP contribution in [0.3, 0.4) is 0 Å². The number of amides is 1. The predicted molar refractivity (Wildman–Crippen MR) is 76.8 cm³/mol. The van der Waals surface area contributed by atoms with E-state index in [1.807, 2.05) is 6.07 Å². The molecule has 2 rings (SSSR count). The summed E-state index contributed by atoms with van der Waals surface area (Å²) in [4.78, 5) is 16.2. The lowest BCUT2D eigenvalue weighted by Gasteiger charge is -2.37. The largest absolute Gasteiger partial charge is 0.349 e. The molecule has 0 aliphatic heterocycles. The first kappa shape index (κ1) is 14.0. The van der Waals surface area contributed by atoms with Crippen LogP contribution in [0.15, 0.2) is 24.5 Å². The zero-order valence-electron chi connectivity index (χ0n) is 12.1. The van der Waals surface area contributed by atoms with E-state index in [1.165, 1.54) is 12.8 Å². The first-order valence-electron chi connectivity index (χ1n) is 7.28. The van der Waals surface area contributed by atoms with Gasteiger partial charge in [-0.2, -0.15) is 0 Å². The van der Waals surface area contributed by atoms with Gasteiger partial charge in [0.25, 0.3) is 5.91 Å². The summed E-state index contributed by atoms with van der Waals surface area (Å²) in [7, 11) is 0. The second-order valence-corrected chi connectivity index (χ2v) is 6.15. The Morgan fingerprint density at radius 3 is 2.84 bits per heavy atom. The SMILES string of the molecule is CC(C)[C@H]1CC[C@H](C)C[C@H]1NC(=O)c1cccnc1. The van der Waals surface area contributed by atoms with E-state index < -0.39 is 0 Å². The summed E-state index contributed by atoms with van der Waals surface area (Å²) < 4.78 is 0. The summed E-state index contributed by atoms with van der Waals surface area (Å²) in [6.07, 6.45) is 6.91. The van der Waals surface area contributed by atoms with Crippen LogP contribution in [-0.4, -0.2) is 16.9 Å². The fraction of sp³-hybridized carbons (Fsp3) is 0.625. The van der Waals surface area contributed by atoms with Gasteiger partial charge in [0.2, 0.25) is 0 Å². The van der Waals surface area contributed by atoms with E-state index in [0.717, 1.165) is 6.42 Å². The lowest BCUT2D eigenvalue weighted by molar-refractivity contribution is 0.0867. The first-order valence-corrected chi connectivity index (χ1v) is 7.28. The maximum Gasteiger partial charge on any atom is 0.253 e. The molecule has 1 aromatic rings. The highest BCUT2D eigenvalue weighted by atomic mass is 16.1. The van der Waals surface area contributed by atoms with E-state index in [1.54, 1.807) is 18.5 Å². The number of rotatable bonds is 3. The molecule has 0 spiro atoms. The van der Waals surface area contributed by atoms with Gasteiger partial charge in [-0.15, -0.1) is 0 Å². The Morgan fingerprint density at radius 1 is 1.42 bits per heavy atom. The molecule has 1 aromatic heterocycles. The number of nitrogens with one attached hydrogen (secondary N) is 1. The van der Waals surface area contributed by atoms with Crippen molar-refractivity contribution in [1.29, 1.82) is 0 Å². The van der Waals surface area contributed by atoms with E-state index in [4.69, 9.17) is 0 Å². The summed E-state index contributed by atoms with van der Waals surface area (Å²) in [5.41, 5.74) is 0.656. The van der Waals surface area contributed by atoms with Crippen molar-refractivity contribution in [2.75, 3.05) is 0 Å². The van der Waals surface area contributed by atoms with E-state index in [9.17, 15) is 4.79 Å². The second-order valence-electron chi connectivity index (χ2n) is 6.15. The molecule has 3 heteroatoms. The Labute approximate surface area is 115 Å².